The molecule has 0 radical (unpaired) electrons. The van der Waals surface area contributed by atoms with Gasteiger partial charge >= 0.3 is 0 Å². The molecule has 1 heterocycles. The number of para-hydroxylation sites is 3. The van der Waals surface area contributed by atoms with Gasteiger partial charge in [-0.25, -0.2) is 4.39 Å². The van der Waals surface area contributed by atoms with Crippen molar-refractivity contribution in [3.8, 4) is 5.75 Å². The first-order valence-electron chi connectivity index (χ1n) is 7.72. The number of amides is 2. The molecule has 0 bridgehead atoms. The van der Waals surface area contributed by atoms with Crippen molar-refractivity contribution in [1.29, 1.82) is 0 Å². The lowest BCUT2D eigenvalue weighted by molar-refractivity contribution is -0.118. The molecule has 0 aliphatic carbocycles. The molecule has 1 aliphatic heterocycles. The van der Waals surface area contributed by atoms with Gasteiger partial charge in [-0.05, 0) is 30.7 Å². The average Bonchev–Trinajstić information content (AvgIpc) is 3.00. The maximum Gasteiger partial charge on any atom is 0.262 e. The number of carbonyl (C=O) groups is 2. The van der Waals surface area contributed by atoms with E-state index >= 15 is 0 Å². The normalized spacial score (nSPS) is 13.9. The minimum atomic E-state index is -0.520. The van der Waals surface area contributed by atoms with E-state index in [2.05, 4.69) is 5.32 Å². The van der Waals surface area contributed by atoms with E-state index < -0.39 is 11.7 Å². The summed E-state index contributed by atoms with van der Waals surface area (Å²) in [6.45, 7) is 0.320. The zero-order valence-electron chi connectivity index (χ0n) is 13.0. The van der Waals surface area contributed by atoms with Crippen LogP contribution in [0.3, 0.4) is 0 Å². The van der Waals surface area contributed by atoms with Gasteiger partial charge in [0.15, 0.2) is 18.2 Å². The topological polar surface area (TPSA) is 58.6 Å². The summed E-state index contributed by atoms with van der Waals surface area (Å²) in [5, 5.41) is 2.72. The summed E-state index contributed by atoms with van der Waals surface area (Å²) in [5.41, 5.74) is 1.20. The van der Waals surface area contributed by atoms with Crippen molar-refractivity contribution < 1.29 is 18.7 Å². The standard InChI is InChI=1S/C18H17FN2O3/c19-13-6-1-4-9-16(13)24-12-17(22)20-14-7-2-3-8-15(14)21-11-5-10-18(21)23/h1-4,6-9H,5,10-12H2,(H,20,22). The molecule has 24 heavy (non-hydrogen) atoms. The number of nitrogens with zero attached hydrogens (tertiary/aromatic N) is 1. The van der Waals surface area contributed by atoms with Crippen molar-refractivity contribution >= 4 is 23.2 Å². The van der Waals surface area contributed by atoms with Gasteiger partial charge in [0.1, 0.15) is 0 Å². The average molecular weight is 328 g/mol. The number of ether oxygens (including phenoxy) is 1. The molecule has 1 N–H and O–H groups in total. The SMILES string of the molecule is O=C(COc1ccccc1F)Nc1ccccc1N1CCCC1=O. The fourth-order valence-corrected chi connectivity index (χ4v) is 2.61. The van der Waals surface area contributed by atoms with Gasteiger partial charge in [-0.2, -0.15) is 0 Å². The van der Waals surface area contributed by atoms with Crippen LogP contribution in [0, 0.1) is 5.82 Å². The van der Waals surface area contributed by atoms with Crippen LogP contribution in [-0.2, 0) is 9.59 Å². The number of anilines is 2. The lowest BCUT2D eigenvalue weighted by Crippen LogP contribution is -2.27. The molecule has 0 aromatic heterocycles. The molecule has 6 heteroatoms. The molecule has 1 fully saturated rings. The predicted octanol–water partition coefficient (Wildman–Crippen LogP) is 2.97. The molecule has 3 rings (SSSR count). The zero-order chi connectivity index (χ0) is 16.9. The van der Waals surface area contributed by atoms with Gasteiger partial charge in [0.25, 0.3) is 5.91 Å². The molecule has 1 saturated heterocycles. The van der Waals surface area contributed by atoms with Crippen LogP contribution >= 0.6 is 0 Å². The number of rotatable bonds is 5. The summed E-state index contributed by atoms with van der Waals surface area (Å²) < 4.78 is 18.7. The van der Waals surface area contributed by atoms with E-state index in [4.69, 9.17) is 4.74 Å². The lowest BCUT2D eigenvalue weighted by Gasteiger charge is -2.20. The second kappa shape index (κ2) is 7.12. The second-order valence-corrected chi connectivity index (χ2v) is 5.43. The summed E-state index contributed by atoms with van der Waals surface area (Å²) in [6.07, 6.45) is 1.32. The number of hydrogen-bond donors (Lipinski definition) is 1. The van der Waals surface area contributed by atoms with Crippen molar-refractivity contribution in [3.63, 3.8) is 0 Å². The van der Waals surface area contributed by atoms with E-state index in [1.165, 1.54) is 12.1 Å². The van der Waals surface area contributed by atoms with Gasteiger partial charge in [0.2, 0.25) is 5.91 Å². The quantitative estimate of drug-likeness (QED) is 0.918. The summed E-state index contributed by atoms with van der Waals surface area (Å²) in [5.74, 6) is -0.874. The van der Waals surface area contributed by atoms with Crippen LogP contribution in [0.2, 0.25) is 0 Å². The van der Waals surface area contributed by atoms with E-state index in [0.29, 0.717) is 24.3 Å². The van der Waals surface area contributed by atoms with Crippen LogP contribution in [0.25, 0.3) is 0 Å². The number of carbonyl (C=O) groups excluding carboxylic acids is 2. The van der Waals surface area contributed by atoms with Gasteiger partial charge in [-0.1, -0.05) is 24.3 Å². The molecule has 0 unspecified atom stereocenters. The Morgan fingerprint density at radius 1 is 1.17 bits per heavy atom. The smallest absolute Gasteiger partial charge is 0.262 e. The monoisotopic (exact) mass is 328 g/mol. The highest BCUT2D eigenvalue weighted by Gasteiger charge is 2.24. The van der Waals surface area contributed by atoms with Gasteiger partial charge in [-0.15, -0.1) is 0 Å². The highest BCUT2D eigenvalue weighted by molar-refractivity contribution is 6.02. The summed E-state index contributed by atoms with van der Waals surface area (Å²) in [6, 6.07) is 13.0. The maximum absolute atomic E-state index is 13.5. The molecule has 2 amide bonds. The fourth-order valence-electron chi connectivity index (χ4n) is 2.61. The lowest BCUT2D eigenvalue weighted by atomic mass is 10.2. The Balaban J connectivity index is 1.66. The molecule has 5 nitrogen and oxygen atoms in total. The molecular formula is C18H17FN2O3. The van der Waals surface area contributed by atoms with E-state index in [-0.39, 0.29) is 18.3 Å². The van der Waals surface area contributed by atoms with Crippen molar-refractivity contribution in [2.75, 3.05) is 23.4 Å². The van der Waals surface area contributed by atoms with Crippen LogP contribution in [-0.4, -0.2) is 25.0 Å². The number of hydrogen-bond acceptors (Lipinski definition) is 3. The third kappa shape index (κ3) is 3.53. The third-order valence-electron chi connectivity index (χ3n) is 3.74. The Bertz CT molecular complexity index is 763. The summed E-state index contributed by atoms with van der Waals surface area (Å²) >= 11 is 0. The van der Waals surface area contributed by atoms with Crippen molar-refractivity contribution in [2.24, 2.45) is 0 Å². The van der Waals surface area contributed by atoms with Crippen molar-refractivity contribution in [2.45, 2.75) is 12.8 Å². The highest BCUT2D eigenvalue weighted by atomic mass is 19.1. The first-order valence-corrected chi connectivity index (χ1v) is 7.72. The van der Waals surface area contributed by atoms with Crippen molar-refractivity contribution in [3.05, 3.63) is 54.3 Å². The second-order valence-electron chi connectivity index (χ2n) is 5.43. The number of benzene rings is 2. The molecule has 2 aromatic carbocycles. The van der Waals surface area contributed by atoms with Crippen LogP contribution in [0.15, 0.2) is 48.5 Å². The molecule has 0 saturated carbocycles. The van der Waals surface area contributed by atoms with Gasteiger partial charge in [0.05, 0.1) is 11.4 Å². The number of halogens is 1. The zero-order valence-corrected chi connectivity index (χ0v) is 13.0. The first kappa shape index (κ1) is 16.0. The Morgan fingerprint density at radius 2 is 1.92 bits per heavy atom. The Labute approximate surface area is 139 Å². The minimum Gasteiger partial charge on any atom is -0.481 e. The van der Waals surface area contributed by atoms with Crippen molar-refractivity contribution in [1.82, 2.24) is 0 Å². The summed E-state index contributed by atoms with van der Waals surface area (Å²) in [7, 11) is 0. The summed E-state index contributed by atoms with van der Waals surface area (Å²) in [4.78, 5) is 25.7. The van der Waals surface area contributed by atoms with Gasteiger partial charge < -0.3 is 15.0 Å². The van der Waals surface area contributed by atoms with E-state index in [1.807, 2.05) is 6.07 Å². The molecule has 0 atom stereocenters. The Morgan fingerprint density at radius 3 is 2.67 bits per heavy atom. The predicted molar refractivity (Wildman–Crippen MR) is 88.6 cm³/mol. The van der Waals surface area contributed by atoms with E-state index in [0.717, 1.165) is 6.42 Å². The number of nitrogens with one attached hydrogen (secondary N) is 1. The Hall–Kier alpha value is -2.89. The molecule has 124 valence electrons. The molecule has 2 aromatic rings. The highest BCUT2D eigenvalue weighted by Crippen LogP contribution is 2.29. The first-order chi connectivity index (χ1) is 11.6. The minimum absolute atomic E-state index is 0.0238. The van der Waals surface area contributed by atoms with Gasteiger partial charge in [-0.3, -0.25) is 9.59 Å². The van der Waals surface area contributed by atoms with Gasteiger partial charge in [0, 0.05) is 13.0 Å². The molecule has 1 aliphatic rings. The fraction of sp³-hybridized carbons (Fsp3) is 0.222. The van der Waals surface area contributed by atoms with Crippen LogP contribution in [0.1, 0.15) is 12.8 Å². The van der Waals surface area contributed by atoms with Crippen LogP contribution < -0.4 is 15.0 Å². The largest absolute Gasteiger partial charge is 0.481 e. The maximum atomic E-state index is 13.5. The van der Waals surface area contributed by atoms with E-state index in [9.17, 15) is 14.0 Å². The molecular weight excluding hydrogens is 311 g/mol. The van der Waals surface area contributed by atoms with Crippen LogP contribution in [0.5, 0.6) is 5.75 Å². The van der Waals surface area contributed by atoms with E-state index in [1.54, 1.807) is 35.2 Å². The molecule has 0 spiro atoms. The van der Waals surface area contributed by atoms with Crippen LogP contribution in [0.4, 0.5) is 15.8 Å². The third-order valence-corrected chi connectivity index (χ3v) is 3.74. The Kier molecular flexibility index (Phi) is 4.74.